The number of benzene rings is 3. The lowest BCUT2D eigenvalue weighted by Crippen LogP contribution is -2.23. The van der Waals surface area contributed by atoms with Gasteiger partial charge in [-0.1, -0.05) is 65.1 Å². The molecule has 152 valence electrons. The second kappa shape index (κ2) is 8.53. The second-order valence-electron chi connectivity index (χ2n) is 6.58. The zero-order valence-electron chi connectivity index (χ0n) is 15.4. The third-order valence-corrected chi connectivity index (χ3v) is 6.92. The number of aromatic nitrogens is 1. The van der Waals surface area contributed by atoms with Crippen LogP contribution in [0.5, 0.6) is 0 Å². The lowest BCUT2D eigenvalue weighted by molar-refractivity contribution is 0.581. The van der Waals surface area contributed by atoms with Crippen molar-refractivity contribution in [1.82, 2.24) is 9.71 Å². The van der Waals surface area contributed by atoms with Gasteiger partial charge in [0.25, 0.3) is 0 Å². The first-order chi connectivity index (χ1) is 14.3. The van der Waals surface area contributed by atoms with Crippen LogP contribution in [0.4, 0.5) is 0 Å². The van der Waals surface area contributed by atoms with Crippen molar-refractivity contribution >= 4 is 55.7 Å². The van der Waals surface area contributed by atoms with Gasteiger partial charge in [0, 0.05) is 44.3 Å². The predicted molar refractivity (Wildman–Crippen MR) is 123 cm³/mol. The van der Waals surface area contributed by atoms with E-state index in [1.54, 1.807) is 36.5 Å². The Balaban J connectivity index is 1.60. The van der Waals surface area contributed by atoms with E-state index < -0.39 is 10.0 Å². The van der Waals surface area contributed by atoms with Gasteiger partial charge in [0.05, 0.1) is 10.4 Å². The van der Waals surface area contributed by atoms with E-state index in [9.17, 15) is 8.42 Å². The number of pyridine rings is 1. The Morgan fingerprint density at radius 3 is 2.27 bits per heavy atom. The molecule has 4 aromatic rings. The third kappa shape index (κ3) is 4.31. The van der Waals surface area contributed by atoms with Crippen LogP contribution in [0.1, 0.15) is 5.56 Å². The molecule has 0 saturated carbocycles. The minimum absolute atomic E-state index is 0.0692. The molecule has 0 unspecified atom stereocenters. The molecule has 3 aromatic carbocycles. The van der Waals surface area contributed by atoms with E-state index in [2.05, 4.69) is 9.71 Å². The van der Waals surface area contributed by atoms with Gasteiger partial charge in [0.15, 0.2) is 0 Å². The molecule has 30 heavy (non-hydrogen) atoms. The lowest BCUT2D eigenvalue weighted by Gasteiger charge is -2.12. The average Bonchev–Trinajstić information content (AvgIpc) is 2.73. The first-order valence-corrected chi connectivity index (χ1v) is 11.5. The molecule has 0 saturated heterocycles. The van der Waals surface area contributed by atoms with E-state index in [4.69, 9.17) is 34.8 Å². The van der Waals surface area contributed by atoms with E-state index in [0.717, 1.165) is 16.5 Å². The maximum atomic E-state index is 12.8. The van der Waals surface area contributed by atoms with Crippen molar-refractivity contribution in [3.05, 3.63) is 93.6 Å². The average molecular weight is 478 g/mol. The lowest BCUT2D eigenvalue weighted by atomic mass is 10.1. The Bertz CT molecular complexity index is 1350. The zero-order chi connectivity index (χ0) is 21.3. The number of hydrogen-bond acceptors (Lipinski definition) is 3. The molecular weight excluding hydrogens is 463 g/mol. The van der Waals surface area contributed by atoms with Crippen LogP contribution in [0, 0.1) is 0 Å². The normalized spacial score (nSPS) is 11.7. The van der Waals surface area contributed by atoms with Crippen molar-refractivity contribution < 1.29 is 8.42 Å². The number of rotatable bonds is 5. The van der Waals surface area contributed by atoms with E-state index in [1.807, 2.05) is 24.3 Å². The highest BCUT2D eigenvalue weighted by molar-refractivity contribution is 7.89. The molecule has 1 N–H and O–H groups in total. The molecule has 0 atom stereocenters. The zero-order valence-corrected chi connectivity index (χ0v) is 18.5. The number of fused-ring (bicyclic) bond motifs is 1. The number of sulfonamides is 1. The van der Waals surface area contributed by atoms with Gasteiger partial charge in [0.2, 0.25) is 10.0 Å². The van der Waals surface area contributed by atoms with E-state index in [-0.39, 0.29) is 16.5 Å². The maximum absolute atomic E-state index is 12.8. The summed E-state index contributed by atoms with van der Waals surface area (Å²) >= 11 is 18.6. The summed E-state index contributed by atoms with van der Waals surface area (Å²) in [6.07, 6.45) is 1.66. The van der Waals surface area contributed by atoms with E-state index in [0.29, 0.717) is 21.2 Å². The molecule has 8 heteroatoms. The maximum Gasteiger partial charge on any atom is 0.240 e. The van der Waals surface area contributed by atoms with Gasteiger partial charge in [-0.2, -0.15) is 0 Å². The highest BCUT2D eigenvalue weighted by Gasteiger charge is 2.17. The summed E-state index contributed by atoms with van der Waals surface area (Å²) in [6.45, 7) is 0.133. The molecule has 1 aromatic heterocycles. The molecule has 0 aliphatic rings. The summed E-state index contributed by atoms with van der Waals surface area (Å²) < 4.78 is 28.3. The van der Waals surface area contributed by atoms with Crippen LogP contribution in [-0.2, 0) is 16.6 Å². The van der Waals surface area contributed by atoms with Gasteiger partial charge < -0.3 is 0 Å². The first kappa shape index (κ1) is 21.1. The van der Waals surface area contributed by atoms with Crippen molar-refractivity contribution in [3.63, 3.8) is 0 Å². The standard InChI is InChI=1S/C22H15Cl3N2O2S/c23-15-5-7-18(20(24)11-15)19-8-6-16(12-21(19)25)30(28,29)27-13-14-9-10-26-22-4-2-1-3-17(14)22/h1-12,27H,13H2. The van der Waals surface area contributed by atoms with Gasteiger partial charge >= 0.3 is 0 Å². The van der Waals surface area contributed by atoms with Crippen molar-refractivity contribution in [2.45, 2.75) is 11.4 Å². The van der Waals surface area contributed by atoms with Crippen LogP contribution in [0.25, 0.3) is 22.0 Å². The molecule has 0 radical (unpaired) electrons. The molecule has 0 spiro atoms. The van der Waals surface area contributed by atoms with Crippen molar-refractivity contribution in [2.75, 3.05) is 0 Å². The molecule has 4 nitrogen and oxygen atoms in total. The largest absolute Gasteiger partial charge is 0.256 e. The molecule has 0 aliphatic carbocycles. The summed E-state index contributed by atoms with van der Waals surface area (Å²) in [4.78, 5) is 4.36. The number of para-hydroxylation sites is 1. The topological polar surface area (TPSA) is 59.1 Å². The second-order valence-corrected chi connectivity index (χ2v) is 9.60. The molecule has 1 heterocycles. The highest BCUT2D eigenvalue weighted by Crippen LogP contribution is 2.35. The number of hydrogen-bond donors (Lipinski definition) is 1. The van der Waals surface area contributed by atoms with Gasteiger partial charge in [-0.05, 0) is 42.0 Å². The van der Waals surface area contributed by atoms with Crippen LogP contribution in [-0.4, -0.2) is 13.4 Å². The number of nitrogens with one attached hydrogen (secondary N) is 1. The summed E-state index contributed by atoms with van der Waals surface area (Å²) in [5.74, 6) is 0. The monoisotopic (exact) mass is 476 g/mol. The Hall–Kier alpha value is -2.15. The molecule has 0 bridgehead atoms. The Morgan fingerprint density at radius 2 is 1.53 bits per heavy atom. The molecule has 0 aliphatic heterocycles. The molecule has 4 rings (SSSR count). The van der Waals surface area contributed by atoms with E-state index >= 15 is 0 Å². The Kier molecular flexibility index (Phi) is 6.00. The predicted octanol–water partition coefficient (Wildman–Crippen LogP) is 6.34. The minimum Gasteiger partial charge on any atom is -0.256 e. The molecule has 0 amide bonds. The fraction of sp³-hybridized carbons (Fsp3) is 0.0455. The van der Waals surface area contributed by atoms with Crippen LogP contribution in [0.3, 0.4) is 0 Å². The van der Waals surface area contributed by atoms with Gasteiger partial charge in [0.1, 0.15) is 0 Å². The van der Waals surface area contributed by atoms with Crippen LogP contribution < -0.4 is 4.72 Å². The molecular formula is C22H15Cl3N2O2S. The van der Waals surface area contributed by atoms with Crippen LogP contribution >= 0.6 is 34.8 Å². The van der Waals surface area contributed by atoms with Gasteiger partial charge in [-0.25, -0.2) is 13.1 Å². The summed E-state index contributed by atoms with van der Waals surface area (Å²) in [5, 5.41) is 2.11. The summed E-state index contributed by atoms with van der Waals surface area (Å²) in [6, 6.07) is 19.0. The fourth-order valence-electron chi connectivity index (χ4n) is 3.15. The number of nitrogens with zero attached hydrogens (tertiary/aromatic N) is 1. The third-order valence-electron chi connectivity index (χ3n) is 4.66. The molecule has 0 fully saturated rings. The number of halogens is 3. The fourth-order valence-corrected chi connectivity index (χ4v) is 5.04. The smallest absolute Gasteiger partial charge is 0.240 e. The summed E-state index contributed by atoms with van der Waals surface area (Å²) in [7, 11) is -3.77. The van der Waals surface area contributed by atoms with Gasteiger partial charge in [-0.3, -0.25) is 4.98 Å². The Morgan fingerprint density at radius 1 is 0.833 bits per heavy atom. The van der Waals surface area contributed by atoms with Crippen molar-refractivity contribution in [3.8, 4) is 11.1 Å². The van der Waals surface area contributed by atoms with Crippen molar-refractivity contribution in [2.24, 2.45) is 0 Å². The summed E-state index contributed by atoms with van der Waals surface area (Å²) in [5.41, 5.74) is 2.94. The highest BCUT2D eigenvalue weighted by atomic mass is 35.5. The van der Waals surface area contributed by atoms with Crippen LogP contribution in [0.15, 0.2) is 77.8 Å². The van der Waals surface area contributed by atoms with E-state index in [1.165, 1.54) is 12.1 Å². The van der Waals surface area contributed by atoms with Crippen molar-refractivity contribution in [1.29, 1.82) is 0 Å². The quantitative estimate of drug-likeness (QED) is 0.365. The van der Waals surface area contributed by atoms with Crippen LogP contribution in [0.2, 0.25) is 15.1 Å². The SMILES string of the molecule is O=S(=O)(NCc1ccnc2ccccc12)c1ccc(-c2ccc(Cl)cc2Cl)c(Cl)c1. The first-order valence-electron chi connectivity index (χ1n) is 8.92. The van der Waals surface area contributed by atoms with Gasteiger partial charge in [-0.15, -0.1) is 0 Å². The minimum atomic E-state index is -3.77. The Labute approximate surface area is 189 Å².